The maximum atomic E-state index is 5.28. The molecule has 1 heterocycles. The van der Waals surface area contributed by atoms with Crippen LogP contribution in [0, 0.1) is 5.92 Å². The monoisotopic (exact) mass is 311 g/mol. The molecule has 2 heteroatoms. The first-order chi connectivity index (χ1) is 11.4. The lowest BCUT2D eigenvalue weighted by molar-refractivity contribution is 0.221. The van der Waals surface area contributed by atoms with Crippen LogP contribution in [0.15, 0.2) is 48.6 Å². The Bertz CT molecular complexity index is 525. The SMILES string of the molecule is COc1ccc(C2C=CC=CC2CCCN2CCCCC2)cc1. The average molecular weight is 311 g/mol. The number of methoxy groups -OCH3 is 1. The highest BCUT2D eigenvalue weighted by Gasteiger charge is 2.20. The number of allylic oxidation sites excluding steroid dienone is 4. The molecule has 1 fully saturated rings. The number of ether oxygens (including phenoxy) is 1. The molecule has 0 spiro atoms. The zero-order chi connectivity index (χ0) is 15.9. The summed E-state index contributed by atoms with van der Waals surface area (Å²) in [5, 5.41) is 0. The van der Waals surface area contributed by atoms with E-state index in [4.69, 9.17) is 4.74 Å². The number of hydrogen-bond donors (Lipinski definition) is 0. The fourth-order valence-electron chi connectivity index (χ4n) is 3.85. The molecule has 2 atom stereocenters. The van der Waals surface area contributed by atoms with Gasteiger partial charge in [-0.2, -0.15) is 0 Å². The van der Waals surface area contributed by atoms with Crippen LogP contribution in [-0.2, 0) is 0 Å². The van der Waals surface area contributed by atoms with Crippen molar-refractivity contribution in [2.75, 3.05) is 26.7 Å². The van der Waals surface area contributed by atoms with Gasteiger partial charge in [-0.25, -0.2) is 0 Å². The van der Waals surface area contributed by atoms with Crippen LogP contribution in [0.1, 0.15) is 43.6 Å². The van der Waals surface area contributed by atoms with E-state index in [1.165, 1.54) is 57.3 Å². The van der Waals surface area contributed by atoms with Crippen molar-refractivity contribution in [3.8, 4) is 5.75 Å². The molecule has 0 amide bonds. The standard InChI is InChI=1S/C21H29NO/c1-23-20-13-11-19(12-14-20)21-10-4-3-8-18(21)9-7-17-22-15-5-2-6-16-22/h3-4,8,10-14,18,21H,2,5-7,9,15-17H2,1H3. The molecule has 1 aromatic carbocycles. The lowest BCUT2D eigenvalue weighted by Crippen LogP contribution is -2.30. The number of hydrogen-bond acceptors (Lipinski definition) is 2. The van der Waals surface area contributed by atoms with E-state index < -0.39 is 0 Å². The Morgan fingerprint density at radius 3 is 2.48 bits per heavy atom. The third-order valence-electron chi connectivity index (χ3n) is 5.21. The van der Waals surface area contributed by atoms with Gasteiger partial charge in [0.1, 0.15) is 5.75 Å². The van der Waals surface area contributed by atoms with Gasteiger partial charge in [-0.15, -0.1) is 0 Å². The third-order valence-corrected chi connectivity index (χ3v) is 5.21. The zero-order valence-corrected chi connectivity index (χ0v) is 14.3. The molecule has 2 unspecified atom stereocenters. The Labute approximate surface area is 140 Å². The van der Waals surface area contributed by atoms with Gasteiger partial charge >= 0.3 is 0 Å². The van der Waals surface area contributed by atoms with Crippen molar-refractivity contribution in [3.05, 3.63) is 54.1 Å². The predicted octanol–water partition coefficient (Wildman–Crippen LogP) is 4.79. The minimum atomic E-state index is 0.507. The molecular formula is C21H29NO. The summed E-state index contributed by atoms with van der Waals surface area (Å²) < 4.78 is 5.28. The predicted molar refractivity (Wildman–Crippen MR) is 97.0 cm³/mol. The summed E-state index contributed by atoms with van der Waals surface area (Å²) in [5.74, 6) is 2.07. The second-order valence-corrected chi connectivity index (χ2v) is 6.78. The molecule has 0 bridgehead atoms. The Morgan fingerprint density at radius 1 is 1.00 bits per heavy atom. The fraction of sp³-hybridized carbons (Fsp3) is 0.524. The first-order valence-electron chi connectivity index (χ1n) is 9.08. The molecule has 0 radical (unpaired) electrons. The van der Waals surface area contributed by atoms with Crippen LogP contribution in [0.25, 0.3) is 0 Å². The van der Waals surface area contributed by atoms with Crippen molar-refractivity contribution in [2.24, 2.45) is 5.92 Å². The van der Waals surface area contributed by atoms with E-state index in [0.717, 1.165) is 5.75 Å². The van der Waals surface area contributed by atoms with Gasteiger partial charge in [-0.05, 0) is 68.9 Å². The van der Waals surface area contributed by atoms with Crippen LogP contribution >= 0.6 is 0 Å². The van der Waals surface area contributed by atoms with Gasteiger partial charge in [0, 0.05) is 5.92 Å². The van der Waals surface area contributed by atoms with Crippen molar-refractivity contribution in [3.63, 3.8) is 0 Å². The first-order valence-corrected chi connectivity index (χ1v) is 9.08. The lowest BCUT2D eigenvalue weighted by Gasteiger charge is -2.28. The van der Waals surface area contributed by atoms with Crippen molar-refractivity contribution < 1.29 is 4.74 Å². The molecular weight excluding hydrogens is 282 g/mol. The Kier molecular flexibility index (Phi) is 5.93. The van der Waals surface area contributed by atoms with E-state index in [-0.39, 0.29) is 0 Å². The molecule has 0 N–H and O–H groups in total. The molecule has 1 aromatic rings. The van der Waals surface area contributed by atoms with Gasteiger partial charge in [-0.1, -0.05) is 42.9 Å². The Balaban J connectivity index is 1.55. The summed E-state index contributed by atoms with van der Waals surface area (Å²) in [7, 11) is 1.72. The molecule has 2 nitrogen and oxygen atoms in total. The van der Waals surface area contributed by atoms with Gasteiger partial charge in [0.25, 0.3) is 0 Å². The maximum absolute atomic E-state index is 5.28. The number of likely N-dealkylation sites (tertiary alicyclic amines) is 1. The largest absolute Gasteiger partial charge is 0.497 e. The fourth-order valence-corrected chi connectivity index (χ4v) is 3.85. The summed E-state index contributed by atoms with van der Waals surface area (Å²) >= 11 is 0. The highest BCUT2D eigenvalue weighted by molar-refractivity contribution is 5.34. The number of rotatable bonds is 6. The zero-order valence-electron chi connectivity index (χ0n) is 14.3. The molecule has 1 saturated heterocycles. The second-order valence-electron chi connectivity index (χ2n) is 6.78. The van der Waals surface area contributed by atoms with Crippen LogP contribution in [-0.4, -0.2) is 31.6 Å². The maximum Gasteiger partial charge on any atom is 0.118 e. The number of nitrogens with zero attached hydrogens (tertiary/aromatic N) is 1. The van der Waals surface area contributed by atoms with E-state index in [1.54, 1.807) is 7.11 Å². The Hall–Kier alpha value is -1.54. The van der Waals surface area contributed by atoms with Gasteiger partial charge in [0.2, 0.25) is 0 Å². The van der Waals surface area contributed by atoms with E-state index in [0.29, 0.717) is 11.8 Å². The first kappa shape index (κ1) is 16.3. The average Bonchev–Trinajstić information content (AvgIpc) is 2.63. The number of piperidine rings is 1. The highest BCUT2D eigenvalue weighted by atomic mass is 16.5. The normalized spacial score (nSPS) is 24.7. The van der Waals surface area contributed by atoms with E-state index >= 15 is 0 Å². The lowest BCUT2D eigenvalue weighted by atomic mass is 9.80. The van der Waals surface area contributed by atoms with Crippen LogP contribution in [0.3, 0.4) is 0 Å². The summed E-state index contributed by atoms with van der Waals surface area (Å²) in [6.07, 6.45) is 15.9. The molecule has 0 aromatic heterocycles. The summed E-state index contributed by atoms with van der Waals surface area (Å²) in [6.45, 7) is 3.88. The highest BCUT2D eigenvalue weighted by Crippen LogP contribution is 2.34. The molecule has 23 heavy (non-hydrogen) atoms. The number of benzene rings is 1. The molecule has 3 rings (SSSR count). The smallest absolute Gasteiger partial charge is 0.118 e. The van der Waals surface area contributed by atoms with Crippen LogP contribution in [0.2, 0.25) is 0 Å². The van der Waals surface area contributed by atoms with Crippen molar-refractivity contribution in [1.82, 2.24) is 4.90 Å². The van der Waals surface area contributed by atoms with E-state index in [1.807, 2.05) is 0 Å². The van der Waals surface area contributed by atoms with Gasteiger partial charge in [-0.3, -0.25) is 0 Å². The quantitative estimate of drug-likeness (QED) is 0.749. The van der Waals surface area contributed by atoms with Crippen LogP contribution < -0.4 is 4.74 Å². The molecule has 1 aliphatic heterocycles. The van der Waals surface area contributed by atoms with Crippen LogP contribution in [0.4, 0.5) is 0 Å². The van der Waals surface area contributed by atoms with Crippen molar-refractivity contribution >= 4 is 0 Å². The van der Waals surface area contributed by atoms with E-state index in [2.05, 4.69) is 53.5 Å². The van der Waals surface area contributed by atoms with Crippen molar-refractivity contribution in [2.45, 2.75) is 38.0 Å². The molecule has 124 valence electrons. The molecule has 2 aliphatic rings. The van der Waals surface area contributed by atoms with Gasteiger partial charge in [0.15, 0.2) is 0 Å². The summed E-state index contributed by atoms with van der Waals surface area (Å²) in [4.78, 5) is 2.65. The molecule has 0 saturated carbocycles. The van der Waals surface area contributed by atoms with Gasteiger partial charge in [0.05, 0.1) is 7.11 Å². The Morgan fingerprint density at radius 2 is 1.74 bits per heavy atom. The minimum Gasteiger partial charge on any atom is -0.497 e. The second kappa shape index (κ2) is 8.35. The third kappa shape index (κ3) is 4.48. The topological polar surface area (TPSA) is 12.5 Å². The van der Waals surface area contributed by atoms with Gasteiger partial charge < -0.3 is 9.64 Å². The minimum absolute atomic E-state index is 0.507. The summed E-state index contributed by atoms with van der Waals surface area (Å²) in [5.41, 5.74) is 1.40. The van der Waals surface area contributed by atoms with Crippen LogP contribution in [0.5, 0.6) is 5.75 Å². The van der Waals surface area contributed by atoms with E-state index in [9.17, 15) is 0 Å². The molecule has 1 aliphatic carbocycles. The van der Waals surface area contributed by atoms with Crippen molar-refractivity contribution in [1.29, 1.82) is 0 Å². The summed E-state index contributed by atoms with van der Waals surface area (Å²) in [6, 6.07) is 8.58.